The number of benzene rings is 4. The third-order valence-corrected chi connectivity index (χ3v) is 7.71. The minimum atomic E-state index is -0.692. The molecule has 0 heterocycles. The monoisotopic (exact) mass is 621 g/mol. The molecule has 0 spiro atoms. The second-order valence-electron chi connectivity index (χ2n) is 9.20. The normalized spacial score (nSPS) is 11.9. The predicted molar refractivity (Wildman–Crippen MR) is 169 cm³/mol. The number of amides is 3. The van der Waals surface area contributed by atoms with Crippen molar-refractivity contribution in [3.8, 4) is 0 Å². The van der Waals surface area contributed by atoms with E-state index < -0.39 is 22.9 Å². The number of carbonyl (C=O) groups excluding carboxylic acids is 3. The quantitative estimate of drug-likeness (QED) is 0.131. The van der Waals surface area contributed by atoms with Crippen LogP contribution in [0.5, 0.6) is 0 Å². The summed E-state index contributed by atoms with van der Waals surface area (Å²) in [5.41, 5.74) is 1.98. The first kappa shape index (κ1) is 30.8. The van der Waals surface area contributed by atoms with Crippen molar-refractivity contribution in [1.82, 2.24) is 5.32 Å². The van der Waals surface area contributed by atoms with E-state index in [2.05, 4.69) is 16.0 Å². The standard InChI is InChI=1S/C32H26Cl2FN3O3S/c1-19-14-15-22(33)16-28(19)37-30(39)20(2)42-24-11-6-10-23(17-24)36-32(41)29(18-25-26(34)12-7-13-27(25)35)38-31(40)21-8-4-3-5-9-21/h3-18,20H,1-2H3,(H,36,41)(H,37,39)(H,38,40)/b29-18+. The van der Waals surface area contributed by atoms with E-state index in [1.807, 2.05) is 19.1 Å². The summed E-state index contributed by atoms with van der Waals surface area (Å²) in [7, 11) is 0. The van der Waals surface area contributed by atoms with Gasteiger partial charge in [0.25, 0.3) is 11.8 Å². The van der Waals surface area contributed by atoms with Crippen LogP contribution < -0.4 is 16.0 Å². The maximum Gasteiger partial charge on any atom is 0.272 e. The lowest BCUT2D eigenvalue weighted by molar-refractivity contribution is -0.115. The van der Waals surface area contributed by atoms with Crippen molar-refractivity contribution in [2.24, 2.45) is 0 Å². The van der Waals surface area contributed by atoms with Crippen LogP contribution in [0.2, 0.25) is 10.0 Å². The molecule has 0 aromatic heterocycles. The van der Waals surface area contributed by atoms with Gasteiger partial charge >= 0.3 is 0 Å². The van der Waals surface area contributed by atoms with Crippen molar-refractivity contribution >= 4 is 70.1 Å². The second-order valence-corrected chi connectivity index (χ2v) is 11.5. The fourth-order valence-electron chi connectivity index (χ4n) is 3.80. The first-order valence-corrected chi connectivity index (χ1v) is 14.4. The summed E-state index contributed by atoms with van der Waals surface area (Å²) in [6, 6.07) is 24.6. The van der Waals surface area contributed by atoms with Crippen molar-refractivity contribution < 1.29 is 18.8 Å². The zero-order valence-electron chi connectivity index (χ0n) is 22.6. The molecule has 0 radical (unpaired) electrons. The number of carbonyl (C=O) groups is 3. The smallest absolute Gasteiger partial charge is 0.272 e. The van der Waals surface area contributed by atoms with Crippen molar-refractivity contribution in [2.45, 2.75) is 24.0 Å². The van der Waals surface area contributed by atoms with Gasteiger partial charge in [0.15, 0.2) is 0 Å². The molecule has 3 amide bonds. The zero-order chi connectivity index (χ0) is 30.2. The van der Waals surface area contributed by atoms with Gasteiger partial charge in [0, 0.05) is 32.4 Å². The van der Waals surface area contributed by atoms with E-state index in [4.69, 9.17) is 23.2 Å². The number of hydrogen-bond donors (Lipinski definition) is 3. The van der Waals surface area contributed by atoms with Crippen molar-refractivity contribution in [3.05, 3.63) is 129 Å². The van der Waals surface area contributed by atoms with Crippen LogP contribution in [0.4, 0.5) is 15.8 Å². The average molecular weight is 623 g/mol. The zero-order valence-corrected chi connectivity index (χ0v) is 24.9. The summed E-state index contributed by atoms with van der Waals surface area (Å²) in [6.45, 7) is 3.64. The van der Waals surface area contributed by atoms with Crippen LogP contribution in [0.15, 0.2) is 102 Å². The molecule has 4 aromatic rings. The number of thioether (sulfide) groups is 1. The number of aryl methyl sites for hydroxylation is 1. The third kappa shape index (κ3) is 8.22. The largest absolute Gasteiger partial charge is 0.325 e. The molecule has 0 fully saturated rings. The SMILES string of the molecule is Cc1ccc(Cl)cc1NC(=O)C(C)Sc1cccc(NC(=O)/C(=C\c2c(F)cccc2Cl)NC(=O)c2ccccc2)c1. The van der Waals surface area contributed by atoms with Gasteiger partial charge < -0.3 is 16.0 Å². The van der Waals surface area contributed by atoms with E-state index in [1.165, 1.54) is 36.0 Å². The molecule has 4 aromatic carbocycles. The Bertz CT molecular complexity index is 1640. The van der Waals surface area contributed by atoms with E-state index >= 15 is 0 Å². The molecule has 214 valence electrons. The fourth-order valence-corrected chi connectivity index (χ4v) is 5.12. The van der Waals surface area contributed by atoms with Gasteiger partial charge in [-0.15, -0.1) is 11.8 Å². The van der Waals surface area contributed by atoms with E-state index in [0.29, 0.717) is 26.9 Å². The van der Waals surface area contributed by atoms with Gasteiger partial charge in [-0.3, -0.25) is 14.4 Å². The van der Waals surface area contributed by atoms with Gasteiger partial charge in [-0.05, 0) is 80.1 Å². The highest BCUT2D eigenvalue weighted by molar-refractivity contribution is 8.00. The van der Waals surface area contributed by atoms with Crippen molar-refractivity contribution in [3.63, 3.8) is 0 Å². The Labute approximate surface area is 257 Å². The van der Waals surface area contributed by atoms with Crippen LogP contribution in [0, 0.1) is 12.7 Å². The third-order valence-electron chi connectivity index (χ3n) is 6.05. The summed E-state index contributed by atoms with van der Waals surface area (Å²) >= 11 is 13.5. The minimum absolute atomic E-state index is 0.0447. The molecule has 4 rings (SSSR count). The van der Waals surface area contributed by atoms with Crippen molar-refractivity contribution in [2.75, 3.05) is 10.6 Å². The summed E-state index contributed by atoms with van der Waals surface area (Å²) < 4.78 is 14.6. The summed E-state index contributed by atoms with van der Waals surface area (Å²) in [4.78, 5) is 39.8. The molecule has 0 aliphatic carbocycles. The average Bonchev–Trinajstić information content (AvgIpc) is 2.96. The molecular formula is C32H26Cl2FN3O3S. The van der Waals surface area contributed by atoms with E-state index in [1.54, 1.807) is 67.6 Å². The maximum atomic E-state index is 14.6. The van der Waals surface area contributed by atoms with Gasteiger partial charge in [0.1, 0.15) is 11.5 Å². The van der Waals surface area contributed by atoms with Crippen LogP contribution in [-0.4, -0.2) is 23.0 Å². The molecule has 6 nitrogen and oxygen atoms in total. The molecule has 3 N–H and O–H groups in total. The van der Waals surface area contributed by atoms with Gasteiger partial charge in [-0.25, -0.2) is 4.39 Å². The highest BCUT2D eigenvalue weighted by Gasteiger charge is 2.19. The Morgan fingerprint density at radius 2 is 1.62 bits per heavy atom. The maximum absolute atomic E-state index is 14.6. The van der Waals surface area contributed by atoms with Crippen molar-refractivity contribution in [1.29, 1.82) is 0 Å². The molecule has 10 heteroatoms. The summed E-state index contributed by atoms with van der Waals surface area (Å²) in [6.07, 6.45) is 1.19. The van der Waals surface area contributed by atoms with Crippen LogP contribution in [0.3, 0.4) is 0 Å². The molecule has 0 saturated carbocycles. The second kappa shape index (κ2) is 14.2. The predicted octanol–water partition coefficient (Wildman–Crippen LogP) is 7.97. The molecule has 0 aliphatic rings. The number of anilines is 2. The van der Waals surface area contributed by atoms with Crippen LogP contribution in [-0.2, 0) is 9.59 Å². The Morgan fingerprint density at radius 1 is 0.881 bits per heavy atom. The van der Waals surface area contributed by atoms with Crippen LogP contribution in [0.25, 0.3) is 6.08 Å². The molecule has 1 unspecified atom stereocenters. The fraction of sp³-hybridized carbons (Fsp3) is 0.0938. The summed E-state index contributed by atoms with van der Waals surface area (Å²) in [5.74, 6) is -2.11. The van der Waals surface area contributed by atoms with E-state index in [9.17, 15) is 18.8 Å². The van der Waals surface area contributed by atoms with E-state index in [-0.39, 0.29) is 22.2 Å². The summed E-state index contributed by atoms with van der Waals surface area (Å²) in [5, 5.41) is 8.32. The van der Waals surface area contributed by atoms with Gasteiger partial charge in [-0.2, -0.15) is 0 Å². The molecule has 1 atom stereocenters. The minimum Gasteiger partial charge on any atom is -0.325 e. The lowest BCUT2D eigenvalue weighted by Gasteiger charge is -2.15. The molecule has 0 saturated heterocycles. The highest BCUT2D eigenvalue weighted by Crippen LogP contribution is 2.28. The molecule has 0 aliphatic heterocycles. The number of rotatable bonds is 9. The van der Waals surface area contributed by atoms with Crippen LogP contribution in [0.1, 0.15) is 28.4 Å². The van der Waals surface area contributed by atoms with Gasteiger partial charge in [0.05, 0.1) is 10.3 Å². The number of halogens is 3. The first-order valence-electron chi connectivity index (χ1n) is 12.8. The number of hydrogen-bond acceptors (Lipinski definition) is 4. The van der Waals surface area contributed by atoms with Crippen LogP contribution >= 0.6 is 35.0 Å². The number of nitrogens with one attached hydrogen (secondary N) is 3. The lowest BCUT2D eigenvalue weighted by atomic mass is 10.1. The Balaban J connectivity index is 1.52. The van der Waals surface area contributed by atoms with Gasteiger partial charge in [0.2, 0.25) is 5.91 Å². The molecule has 0 bridgehead atoms. The van der Waals surface area contributed by atoms with E-state index in [0.717, 1.165) is 5.56 Å². The lowest BCUT2D eigenvalue weighted by Crippen LogP contribution is -2.30. The Kier molecular flexibility index (Phi) is 10.4. The molecular weight excluding hydrogens is 596 g/mol. The molecule has 42 heavy (non-hydrogen) atoms. The Morgan fingerprint density at radius 3 is 2.36 bits per heavy atom. The highest BCUT2D eigenvalue weighted by atomic mass is 35.5. The van der Waals surface area contributed by atoms with Gasteiger partial charge in [-0.1, -0.05) is 59.6 Å². The topological polar surface area (TPSA) is 87.3 Å². The Hall–Kier alpha value is -4.11. The first-order chi connectivity index (χ1) is 20.1.